The second-order valence-corrected chi connectivity index (χ2v) is 4.58. The van der Waals surface area contributed by atoms with Crippen LogP contribution in [0.3, 0.4) is 0 Å². The summed E-state index contributed by atoms with van der Waals surface area (Å²) in [6, 6.07) is 7.98. The van der Waals surface area contributed by atoms with E-state index in [1.54, 1.807) is 12.1 Å². The maximum Gasteiger partial charge on any atom is 0.149 e. The molecule has 0 aliphatic carbocycles. The molecule has 0 fully saturated rings. The van der Waals surface area contributed by atoms with Gasteiger partial charge in [-0.2, -0.15) is 0 Å². The Morgan fingerprint density at radius 3 is 2.28 bits per heavy atom. The van der Waals surface area contributed by atoms with Crippen LogP contribution in [-0.4, -0.2) is 0 Å². The van der Waals surface area contributed by atoms with E-state index in [9.17, 15) is 13.2 Å². The van der Waals surface area contributed by atoms with Crippen LogP contribution in [0.5, 0.6) is 0 Å². The predicted octanol–water partition coefficient (Wildman–Crippen LogP) is 4.48. The molecule has 0 unspecified atom stereocenters. The van der Waals surface area contributed by atoms with Crippen LogP contribution in [0.15, 0.2) is 40.9 Å². The Morgan fingerprint density at radius 2 is 1.61 bits per heavy atom. The molecule has 0 aliphatic rings. The van der Waals surface area contributed by atoms with Crippen molar-refractivity contribution in [2.75, 3.05) is 5.32 Å². The second kappa shape index (κ2) is 5.44. The van der Waals surface area contributed by atoms with Crippen LogP contribution < -0.4 is 5.32 Å². The molecule has 1 N–H and O–H groups in total. The first-order valence-electron chi connectivity index (χ1n) is 5.19. The van der Waals surface area contributed by atoms with E-state index in [1.807, 2.05) is 0 Å². The number of rotatable bonds is 3. The van der Waals surface area contributed by atoms with Crippen LogP contribution in [-0.2, 0) is 6.54 Å². The highest BCUT2D eigenvalue weighted by Crippen LogP contribution is 2.24. The van der Waals surface area contributed by atoms with Gasteiger partial charge < -0.3 is 5.32 Å². The lowest BCUT2D eigenvalue weighted by atomic mass is 10.2. The normalized spacial score (nSPS) is 10.4. The summed E-state index contributed by atoms with van der Waals surface area (Å²) in [5.41, 5.74) is 0.990. The van der Waals surface area contributed by atoms with Gasteiger partial charge in [-0.15, -0.1) is 0 Å². The van der Waals surface area contributed by atoms with E-state index in [4.69, 9.17) is 0 Å². The topological polar surface area (TPSA) is 12.0 Å². The second-order valence-electron chi connectivity index (χ2n) is 3.73. The van der Waals surface area contributed by atoms with Crippen molar-refractivity contribution in [1.82, 2.24) is 0 Å². The maximum atomic E-state index is 13.4. The Bertz CT molecular complexity index is 555. The molecule has 2 aromatic rings. The fourth-order valence-electron chi connectivity index (χ4n) is 1.46. The van der Waals surface area contributed by atoms with Crippen LogP contribution in [0.1, 0.15) is 5.56 Å². The predicted molar refractivity (Wildman–Crippen MR) is 67.8 cm³/mol. The molecule has 0 radical (unpaired) electrons. The fourth-order valence-corrected chi connectivity index (χ4v) is 1.80. The third-order valence-corrected chi connectivity index (χ3v) is 3.01. The Hall–Kier alpha value is -1.49. The minimum atomic E-state index is -0.669. The van der Waals surface area contributed by atoms with Crippen molar-refractivity contribution in [1.29, 1.82) is 0 Å². The molecule has 0 aliphatic heterocycles. The van der Waals surface area contributed by atoms with Gasteiger partial charge in [0.2, 0.25) is 0 Å². The lowest BCUT2D eigenvalue weighted by Crippen LogP contribution is -2.02. The third-order valence-electron chi connectivity index (χ3n) is 2.41. The van der Waals surface area contributed by atoms with Gasteiger partial charge in [0, 0.05) is 12.6 Å². The first-order chi connectivity index (χ1) is 8.56. The molecule has 0 saturated heterocycles. The van der Waals surface area contributed by atoms with E-state index in [-0.39, 0.29) is 16.0 Å². The van der Waals surface area contributed by atoms with Crippen molar-refractivity contribution >= 4 is 21.6 Å². The lowest BCUT2D eigenvalue weighted by Gasteiger charge is -2.08. The number of anilines is 1. The Kier molecular flexibility index (Phi) is 3.91. The smallest absolute Gasteiger partial charge is 0.149 e. The molecule has 1 nitrogen and oxygen atoms in total. The molecule has 0 aromatic heterocycles. The highest BCUT2D eigenvalue weighted by atomic mass is 79.9. The third kappa shape index (κ3) is 3.04. The van der Waals surface area contributed by atoms with Crippen molar-refractivity contribution in [2.45, 2.75) is 6.54 Å². The molecule has 2 aromatic carbocycles. The van der Waals surface area contributed by atoms with Gasteiger partial charge >= 0.3 is 0 Å². The van der Waals surface area contributed by atoms with Crippen molar-refractivity contribution < 1.29 is 13.2 Å². The zero-order valence-electron chi connectivity index (χ0n) is 9.18. The summed E-state index contributed by atoms with van der Waals surface area (Å²) in [5.74, 6) is -1.65. The van der Waals surface area contributed by atoms with Crippen molar-refractivity contribution in [3.05, 3.63) is 63.9 Å². The average molecular weight is 316 g/mol. The highest BCUT2D eigenvalue weighted by molar-refractivity contribution is 9.10. The number of halogens is 4. The van der Waals surface area contributed by atoms with Gasteiger partial charge in [0.15, 0.2) is 0 Å². The van der Waals surface area contributed by atoms with Crippen LogP contribution in [0, 0.1) is 17.5 Å². The standard InChI is InChI=1S/C13H9BrF3N/c14-10-5-13(12(17)6-11(10)16)18-7-8-1-3-9(15)4-2-8/h1-6,18H,7H2. The lowest BCUT2D eigenvalue weighted by molar-refractivity contribution is 0.580. The minimum Gasteiger partial charge on any atom is -0.379 e. The Labute approximate surface area is 111 Å². The zero-order chi connectivity index (χ0) is 13.1. The molecular weight excluding hydrogens is 307 g/mol. The van der Waals surface area contributed by atoms with Crippen molar-refractivity contribution in [3.63, 3.8) is 0 Å². The number of benzene rings is 2. The first kappa shape index (κ1) is 13.0. The van der Waals surface area contributed by atoms with Gasteiger partial charge in [0.25, 0.3) is 0 Å². The molecule has 0 spiro atoms. The monoisotopic (exact) mass is 315 g/mol. The Morgan fingerprint density at radius 1 is 0.944 bits per heavy atom. The molecule has 0 heterocycles. The summed E-state index contributed by atoms with van der Waals surface area (Å²) in [5, 5.41) is 2.82. The SMILES string of the molecule is Fc1ccc(CNc2cc(Br)c(F)cc2F)cc1. The van der Waals surface area contributed by atoms with E-state index >= 15 is 0 Å². The molecule has 2 rings (SSSR count). The summed E-state index contributed by atoms with van der Waals surface area (Å²) >= 11 is 2.98. The van der Waals surface area contributed by atoms with Gasteiger partial charge in [-0.1, -0.05) is 12.1 Å². The zero-order valence-corrected chi connectivity index (χ0v) is 10.8. The van der Waals surface area contributed by atoms with Crippen LogP contribution >= 0.6 is 15.9 Å². The highest BCUT2D eigenvalue weighted by Gasteiger charge is 2.07. The van der Waals surface area contributed by atoms with E-state index in [1.165, 1.54) is 18.2 Å². The molecule has 18 heavy (non-hydrogen) atoms. The summed E-state index contributed by atoms with van der Waals surface area (Å²) in [6.45, 7) is 0.329. The van der Waals surface area contributed by atoms with E-state index in [2.05, 4.69) is 21.2 Å². The van der Waals surface area contributed by atoms with E-state index in [0.717, 1.165) is 11.6 Å². The maximum absolute atomic E-state index is 13.4. The minimum absolute atomic E-state index is 0.186. The van der Waals surface area contributed by atoms with Gasteiger partial charge in [-0.3, -0.25) is 0 Å². The summed E-state index contributed by atoms with van der Waals surface area (Å²) in [7, 11) is 0. The molecule has 0 bridgehead atoms. The molecule has 0 saturated carbocycles. The quantitative estimate of drug-likeness (QED) is 0.823. The largest absolute Gasteiger partial charge is 0.379 e. The van der Waals surface area contributed by atoms with E-state index < -0.39 is 11.6 Å². The molecule has 0 atom stereocenters. The first-order valence-corrected chi connectivity index (χ1v) is 5.98. The van der Waals surface area contributed by atoms with Gasteiger partial charge in [0.1, 0.15) is 17.5 Å². The number of nitrogens with one attached hydrogen (secondary N) is 1. The van der Waals surface area contributed by atoms with Crippen molar-refractivity contribution in [2.24, 2.45) is 0 Å². The summed E-state index contributed by atoms with van der Waals surface area (Å²) < 4.78 is 39.3. The number of hydrogen-bond acceptors (Lipinski definition) is 1. The van der Waals surface area contributed by atoms with Crippen LogP contribution in [0.2, 0.25) is 0 Å². The molecule has 5 heteroatoms. The van der Waals surface area contributed by atoms with Crippen LogP contribution in [0.25, 0.3) is 0 Å². The fraction of sp³-hybridized carbons (Fsp3) is 0.0769. The Balaban J connectivity index is 2.10. The van der Waals surface area contributed by atoms with Crippen LogP contribution in [0.4, 0.5) is 18.9 Å². The number of hydrogen-bond donors (Lipinski definition) is 1. The molecule has 0 amide bonds. The van der Waals surface area contributed by atoms with Gasteiger partial charge in [0.05, 0.1) is 10.2 Å². The summed E-state index contributed by atoms with van der Waals surface area (Å²) in [6.07, 6.45) is 0. The molecular formula is C13H9BrF3N. The molecule has 94 valence electrons. The van der Waals surface area contributed by atoms with E-state index in [0.29, 0.717) is 6.54 Å². The van der Waals surface area contributed by atoms with Gasteiger partial charge in [-0.05, 0) is 39.7 Å². The summed E-state index contributed by atoms with van der Waals surface area (Å²) in [4.78, 5) is 0. The van der Waals surface area contributed by atoms with Crippen molar-refractivity contribution in [3.8, 4) is 0 Å². The average Bonchev–Trinajstić information content (AvgIpc) is 2.34. The van der Waals surface area contributed by atoms with Gasteiger partial charge in [-0.25, -0.2) is 13.2 Å².